The summed E-state index contributed by atoms with van der Waals surface area (Å²) in [7, 11) is 2.27. The van der Waals surface area contributed by atoms with Crippen LogP contribution in [-0.4, -0.2) is 62.2 Å². The third kappa shape index (κ3) is 4.52. The van der Waals surface area contributed by atoms with Crippen molar-refractivity contribution in [1.82, 2.24) is 15.1 Å². The molecule has 106 valence electrons. The lowest BCUT2D eigenvalue weighted by Gasteiger charge is -2.36. The van der Waals surface area contributed by atoms with Crippen LogP contribution in [0.3, 0.4) is 0 Å². The van der Waals surface area contributed by atoms with Gasteiger partial charge in [0.25, 0.3) is 0 Å². The molecule has 0 aromatic heterocycles. The van der Waals surface area contributed by atoms with E-state index in [1.807, 2.05) is 0 Å². The smallest absolute Gasteiger partial charge is 0.00510 e. The normalized spacial score (nSPS) is 37.2. The highest BCUT2D eigenvalue weighted by Gasteiger charge is 2.22. The van der Waals surface area contributed by atoms with Crippen molar-refractivity contribution in [3.8, 4) is 0 Å². The zero-order valence-electron chi connectivity index (χ0n) is 12.5. The van der Waals surface area contributed by atoms with Crippen LogP contribution in [0.2, 0.25) is 0 Å². The van der Waals surface area contributed by atoms with Crippen LogP contribution >= 0.6 is 0 Å². The molecule has 2 rings (SSSR count). The average Bonchev–Trinajstić information content (AvgIpc) is 2.32. The van der Waals surface area contributed by atoms with Crippen LogP contribution in [0.25, 0.3) is 0 Å². The van der Waals surface area contributed by atoms with E-state index in [1.54, 1.807) is 0 Å². The van der Waals surface area contributed by atoms with Crippen LogP contribution in [0, 0.1) is 11.8 Å². The van der Waals surface area contributed by atoms with Crippen molar-refractivity contribution in [2.75, 3.05) is 46.3 Å². The number of nitrogens with zero attached hydrogens (tertiary/aromatic N) is 2. The fourth-order valence-electron chi connectivity index (χ4n) is 3.43. The zero-order valence-corrected chi connectivity index (χ0v) is 12.5. The van der Waals surface area contributed by atoms with E-state index < -0.39 is 0 Å². The van der Waals surface area contributed by atoms with E-state index in [0.29, 0.717) is 6.04 Å². The Morgan fingerprint density at radius 1 is 1.11 bits per heavy atom. The lowest BCUT2D eigenvalue weighted by Crippen LogP contribution is -2.46. The second-order valence-electron chi connectivity index (χ2n) is 6.73. The minimum absolute atomic E-state index is 0.685. The van der Waals surface area contributed by atoms with Gasteiger partial charge >= 0.3 is 0 Å². The molecule has 0 aromatic carbocycles. The first-order valence-electron chi connectivity index (χ1n) is 7.77. The molecule has 3 unspecified atom stereocenters. The van der Waals surface area contributed by atoms with Gasteiger partial charge in [0.2, 0.25) is 0 Å². The van der Waals surface area contributed by atoms with Gasteiger partial charge in [-0.1, -0.05) is 6.92 Å². The zero-order chi connectivity index (χ0) is 13.0. The third-order valence-corrected chi connectivity index (χ3v) is 4.50. The lowest BCUT2D eigenvalue weighted by molar-refractivity contribution is 0.130. The number of rotatable bonds is 2. The van der Waals surface area contributed by atoms with Gasteiger partial charge in [-0.05, 0) is 64.7 Å². The van der Waals surface area contributed by atoms with Crippen molar-refractivity contribution in [2.24, 2.45) is 11.8 Å². The summed E-state index contributed by atoms with van der Waals surface area (Å²) in [6.07, 6.45) is 4.13. The minimum Gasteiger partial charge on any atom is -0.314 e. The second kappa shape index (κ2) is 6.88. The maximum atomic E-state index is 3.63. The molecule has 2 aliphatic heterocycles. The Morgan fingerprint density at radius 2 is 1.94 bits per heavy atom. The number of hydrogen-bond acceptors (Lipinski definition) is 3. The van der Waals surface area contributed by atoms with Crippen molar-refractivity contribution in [3.63, 3.8) is 0 Å². The number of hydrogen-bond donors (Lipinski definition) is 1. The molecule has 2 aliphatic rings. The summed E-state index contributed by atoms with van der Waals surface area (Å²) in [6, 6.07) is 0.685. The summed E-state index contributed by atoms with van der Waals surface area (Å²) in [5.41, 5.74) is 0. The monoisotopic (exact) mass is 253 g/mol. The highest BCUT2D eigenvalue weighted by atomic mass is 15.2. The molecular formula is C15H31N3. The Balaban J connectivity index is 1.82. The molecule has 0 spiro atoms. The highest BCUT2D eigenvalue weighted by molar-refractivity contribution is 4.78. The van der Waals surface area contributed by atoms with E-state index in [9.17, 15) is 0 Å². The molecule has 0 aliphatic carbocycles. The average molecular weight is 253 g/mol. The van der Waals surface area contributed by atoms with Crippen LogP contribution in [0.4, 0.5) is 0 Å². The summed E-state index contributed by atoms with van der Waals surface area (Å²) in [6.45, 7) is 12.4. The van der Waals surface area contributed by atoms with E-state index in [1.165, 1.54) is 58.5 Å². The van der Waals surface area contributed by atoms with Crippen molar-refractivity contribution < 1.29 is 0 Å². The van der Waals surface area contributed by atoms with Gasteiger partial charge in [0.1, 0.15) is 0 Å². The van der Waals surface area contributed by atoms with Crippen LogP contribution in [0.5, 0.6) is 0 Å². The Labute approximate surface area is 113 Å². The van der Waals surface area contributed by atoms with Crippen molar-refractivity contribution in [1.29, 1.82) is 0 Å². The Bertz CT molecular complexity index is 244. The molecule has 3 atom stereocenters. The fraction of sp³-hybridized carbons (Fsp3) is 1.00. The summed E-state index contributed by atoms with van der Waals surface area (Å²) in [5.74, 6) is 1.69. The van der Waals surface area contributed by atoms with Crippen molar-refractivity contribution in [2.45, 2.75) is 39.2 Å². The van der Waals surface area contributed by atoms with Crippen LogP contribution < -0.4 is 5.32 Å². The van der Waals surface area contributed by atoms with Gasteiger partial charge in [-0.3, -0.25) is 0 Å². The van der Waals surface area contributed by atoms with Crippen LogP contribution in [0.15, 0.2) is 0 Å². The summed E-state index contributed by atoms with van der Waals surface area (Å²) in [5, 5.41) is 3.63. The third-order valence-electron chi connectivity index (χ3n) is 4.50. The van der Waals surface area contributed by atoms with Gasteiger partial charge in [0.05, 0.1) is 0 Å². The number of piperidine rings is 1. The molecule has 2 heterocycles. The maximum Gasteiger partial charge on any atom is 0.00510 e. The first kappa shape index (κ1) is 14.3. The SMILES string of the molecule is CC1CNC(C)CCN(CC2CCCN(C)C2)C1. The molecule has 18 heavy (non-hydrogen) atoms. The predicted octanol–water partition coefficient (Wildman–Crippen LogP) is 1.65. The summed E-state index contributed by atoms with van der Waals surface area (Å²) in [4.78, 5) is 5.23. The molecule has 1 N–H and O–H groups in total. The quantitative estimate of drug-likeness (QED) is 0.807. The fourth-order valence-corrected chi connectivity index (χ4v) is 3.43. The molecule has 0 radical (unpaired) electrons. The van der Waals surface area contributed by atoms with Gasteiger partial charge in [-0.25, -0.2) is 0 Å². The Kier molecular flexibility index (Phi) is 5.46. The molecule has 0 aromatic rings. The van der Waals surface area contributed by atoms with Gasteiger partial charge in [-0.2, -0.15) is 0 Å². The number of nitrogens with one attached hydrogen (secondary N) is 1. The Morgan fingerprint density at radius 3 is 2.72 bits per heavy atom. The van der Waals surface area contributed by atoms with Crippen LogP contribution in [0.1, 0.15) is 33.1 Å². The maximum absolute atomic E-state index is 3.63. The largest absolute Gasteiger partial charge is 0.314 e. The summed E-state index contributed by atoms with van der Waals surface area (Å²) >= 11 is 0. The first-order chi connectivity index (χ1) is 8.63. The van der Waals surface area contributed by atoms with E-state index in [4.69, 9.17) is 0 Å². The van der Waals surface area contributed by atoms with Gasteiger partial charge < -0.3 is 15.1 Å². The predicted molar refractivity (Wildman–Crippen MR) is 77.9 cm³/mol. The Hall–Kier alpha value is -0.120. The minimum atomic E-state index is 0.685. The molecule has 3 heteroatoms. The van der Waals surface area contributed by atoms with E-state index in [2.05, 4.69) is 36.0 Å². The molecule has 2 saturated heterocycles. The van der Waals surface area contributed by atoms with E-state index in [0.717, 1.165) is 11.8 Å². The highest BCUT2D eigenvalue weighted by Crippen LogP contribution is 2.18. The first-order valence-corrected chi connectivity index (χ1v) is 7.77. The van der Waals surface area contributed by atoms with Gasteiger partial charge in [0, 0.05) is 25.7 Å². The molecule has 2 fully saturated rings. The lowest BCUT2D eigenvalue weighted by atomic mass is 9.96. The summed E-state index contributed by atoms with van der Waals surface area (Å²) < 4.78 is 0. The molecule has 0 saturated carbocycles. The molecule has 3 nitrogen and oxygen atoms in total. The van der Waals surface area contributed by atoms with E-state index in [-0.39, 0.29) is 0 Å². The molecular weight excluding hydrogens is 222 g/mol. The van der Waals surface area contributed by atoms with Crippen LogP contribution in [-0.2, 0) is 0 Å². The van der Waals surface area contributed by atoms with Gasteiger partial charge in [0.15, 0.2) is 0 Å². The van der Waals surface area contributed by atoms with Crippen molar-refractivity contribution in [3.05, 3.63) is 0 Å². The second-order valence-corrected chi connectivity index (χ2v) is 6.73. The van der Waals surface area contributed by atoms with E-state index >= 15 is 0 Å². The standard InChI is InChI=1S/C15H31N3/c1-13-9-16-14(2)6-8-18(10-13)12-15-5-4-7-17(3)11-15/h13-16H,4-12H2,1-3H3. The topological polar surface area (TPSA) is 18.5 Å². The van der Waals surface area contributed by atoms with Crippen molar-refractivity contribution >= 4 is 0 Å². The van der Waals surface area contributed by atoms with Gasteiger partial charge in [-0.15, -0.1) is 0 Å². The molecule has 0 bridgehead atoms. The number of likely N-dealkylation sites (tertiary alicyclic amines) is 1. The molecule has 0 amide bonds.